The molecule has 0 radical (unpaired) electrons. The molecule has 0 heterocycles. The second kappa shape index (κ2) is 4.95. The van der Waals surface area contributed by atoms with Crippen molar-refractivity contribution in [3.8, 4) is 11.1 Å². The lowest BCUT2D eigenvalue weighted by Crippen LogP contribution is -2.16. The van der Waals surface area contributed by atoms with Crippen LogP contribution >= 0.6 is 0 Å². The van der Waals surface area contributed by atoms with Crippen LogP contribution in [0, 0.1) is 5.92 Å². The van der Waals surface area contributed by atoms with Crippen LogP contribution in [0.4, 0.5) is 0 Å². The lowest BCUT2D eigenvalue weighted by atomic mass is 10.0. The van der Waals surface area contributed by atoms with Crippen LogP contribution in [0.1, 0.15) is 18.9 Å². The molecule has 2 unspecified atom stereocenters. The highest BCUT2D eigenvalue weighted by molar-refractivity contribution is 5.63. The molecule has 1 aliphatic rings. The van der Waals surface area contributed by atoms with Crippen LogP contribution in [0.15, 0.2) is 54.6 Å². The summed E-state index contributed by atoms with van der Waals surface area (Å²) >= 11 is 0. The predicted molar refractivity (Wildman–Crippen MR) is 76.3 cm³/mol. The quantitative estimate of drug-likeness (QED) is 0.851. The van der Waals surface area contributed by atoms with E-state index in [1.807, 2.05) is 0 Å². The van der Waals surface area contributed by atoms with E-state index in [0.717, 1.165) is 18.5 Å². The molecule has 0 amide bonds. The van der Waals surface area contributed by atoms with Gasteiger partial charge in [-0.15, -0.1) is 0 Å². The van der Waals surface area contributed by atoms with Gasteiger partial charge in [0.25, 0.3) is 0 Å². The number of rotatable bonds is 4. The minimum absolute atomic E-state index is 0.749. The van der Waals surface area contributed by atoms with E-state index in [1.54, 1.807) is 0 Å². The summed E-state index contributed by atoms with van der Waals surface area (Å²) in [4.78, 5) is 0. The Labute approximate surface area is 109 Å². The standard InChI is InChI=1S/C17H19N/c1-13-11-17(13)18-12-14-7-9-16(10-8-14)15-5-3-2-4-6-15/h2-10,13,17-18H,11-12H2,1H3. The molecule has 0 saturated heterocycles. The SMILES string of the molecule is CC1CC1NCc1ccc(-c2ccccc2)cc1. The molecule has 1 aliphatic carbocycles. The molecular formula is C17H19N. The number of benzene rings is 2. The Bertz CT molecular complexity index is 501. The van der Waals surface area contributed by atoms with E-state index in [4.69, 9.17) is 0 Å². The van der Waals surface area contributed by atoms with Crippen molar-refractivity contribution in [3.05, 3.63) is 60.2 Å². The van der Waals surface area contributed by atoms with Gasteiger partial charge >= 0.3 is 0 Å². The fraction of sp³-hybridized carbons (Fsp3) is 0.294. The fourth-order valence-corrected chi connectivity index (χ4v) is 2.30. The van der Waals surface area contributed by atoms with Crippen LogP contribution in [0.3, 0.4) is 0 Å². The van der Waals surface area contributed by atoms with E-state index in [2.05, 4.69) is 66.8 Å². The van der Waals surface area contributed by atoms with E-state index in [9.17, 15) is 0 Å². The van der Waals surface area contributed by atoms with Crippen molar-refractivity contribution < 1.29 is 0 Å². The average molecular weight is 237 g/mol. The van der Waals surface area contributed by atoms with Crippen molar-refractivity contribution >= 4 is 0 Å². The second-order valence-corrected chi connectivity index (χ2v) is 5.26. The van der Waals surface area contributed by atoms with Gasteiger partial charge < -0.3 is 5.32 Å². The largest absolute Gasteiger partial charge is 0.310 e. The highest BCUT2D eigenvalue weighted by Crippen LogP contribution is 2.29. The first-order chi connectivity index (χ1) is 8.83. The topological polar surface area (TPSA) is 12.0 Å². The molecule has 0 bridgehead atoms. The van der Waals surface area contributed by atoms with Crippen LogP contribution in [0.2, 0.25) is 0 Å². The summed E-state index contributed by atoms with van der Waals surface area (Å²) in [6.45, 7) is 3.29. The van der Waals surface area contributed by atoms with Crippen molar-refractivity contribution in [1.82, 2.24) is 5.32 Å². The summed E-state index contributed by atoms with van der Waals surface area (Å²) in [6.07, 6.45) is 1.34. The summed E-state index contributed by atoms with van der Waals surface area (Å²) < 4.78 is 0. The van der Waals surface area contributed by atoms with Crippen LogP contribution in [-0.4, -0.2) is 6.04 Å². The minimum Gasteiger partial charge on any atom is -0.310 e. The van der Waals surface area contributed by atoms with Gasteiger partial charge in [-0.25, -0.2) is 0 Å². The Kier molecular flexibility index (Phi) is 3.16. The Morgan fingerprint density at radius 1 is 0.944 bits per heavy atom. The van der Waals surface area contributed by atoms with Crippen molar-refractivity contribution in [2.45, 2.75) is 25.9 Å². The Balaban J connectivity index is 1.65. The lowest BCUT2D eigenvalue weighted by Gasteiger charge is -2.06. The molecule has 2 atom stereocenters. The first-order valence-electron chi connectivity index (χ1n) is 6.71. The maximum atomic E-state index is 3.58. The van der Waals surface area contributed by atoms with Gasteiger partial charge in [0.2, 0.25) is 0 Å². The lowest BCUT2D eigenvalue weighted by molar-refractivity contribution is 0.652. The number of hydrogen-bond donors (Lipinski definition) is 1. The third kappa shape index (κ3) is 2.62. The van der Waals surface area contributed by atoms with E-state index in [1.165, 1.54) is 23.1 Å². The summed E-state index contributed by atoms with van der Waals surface area (Å²) in [7, 11) is 0. The fourth-order valence-electron chi connectivity index (χ4n) is 2.30. The molecule has 1 fully saturated rings. The molecule has 1 saturated carbocycles. The molecule has 1 N–H and O–H groups in total. The normalized spacial score (nSPS) is 21.8. The van der Waals surface area contributed by atoms with Gasteiger partial charge in [0.15, 0.2) is 0 Å². The van der Waals surface area contributed by atoms with Crippen LogP contribution in [0.5, 0.6) is 0 Å². The third-order valence-corrected chi connectivity index (χ3v) is 3.74. The van der Waals surface area contributed by atoms with Gasteiger partial charge in [0, 0.05) is 12.6 Å². The molecule has 92 valence electrons. The van der Waals surface area contributed by atoms with E-state index in [0.29, 0.717) is 0 Å². The van der Waals surface area contributed by atoms with Crippen LogP contribution < -0.4 is 5.32 Å². The third-order valence-electron chi connectivity index (χ3n) is 3.74. The van der Waals surface area contributed by atoms with E-state index >= 15 is 0 Å². The second-order valence-electron chi connectivity index (χ2n) is 5.26. The molecule has 18 heavy (non-hydrogen) atoms. The smallest absolute Gasteiger partial charge is 0.0208 e. The number of hydrogen-bond acceptors (Lipinski definition) is 1. The average Bonchev–Trinajstić information content (AvgIpc) is 3.14. The summed E-state index contributed by atoms with van der Waals surface area (Å²) in [5, 5.41) is 3.58. The molecule has 0 aliphatic heterocycles. The summed E-state index contributed by atoms with van der Waals surface area (Å²) in [5.41, 5.74) is 3.95. The first kappa shape index (κ1) is 11.5. The Hall–Kier alpha value is -1.60. The molecular weight excluding hydrogens is 218 g/mol. The molecule has 1 heteroatoms. The summed E-state index contributed by atoms with van der Waals surface area (Å²) in [6, 6.07) is 20.1. The Morgan fingerprint density at radius 2 is 1.56 bits per heavy atom. The maximum absolute atomic E-state index is 3.58. The van der Waals surface area contributed by atoms with Gasteiger partial charge in [0.05, 0.1) is 0 Å². The van der Waals surface area contributed by atoms with E-state index in [-0.39, 0.29) is 0 Å². The number of nitrogens with one attached hydrogen (secondary N) is 1. The van der Waals surface area contributed by atoms with Gasteiger partial charge in [-0.05, 0) is 29.0 Å². The zero-order chi connectivity index (χ0) is 12.4. The molecule has 2 aromatic carbocycles. The van der Waals surface area contributed by atoms with Crippen LogP contribution in [0.25, 0.3) is 11.1 Å². The van der Waals surface area contributed by atoms with Crippen molar-refractivity contribution in [2.24, 2.45) is 5.92 Å². The van der Waals surface area contributed by atoms with Gasteiger partial charge in [-0.1, -0.05) is 61.5 Å². The molecule has 0 spiro atoms. The van der Waals surface area contributed by atoms with Crippen molar-refractivity contribution in [2.75, 3.05) is 0 Å². The summed E-state index contributed by atoms with van der Waals surface area (Å²) in [5.74, 6) is 0.869. The predicted octanol–water partition coefficient (Wildman–Crippen LogP) is 3.85. The zero-order valence-corrected chi connectivity index (χ0v) is 10.8. The van der Waals surface area contributed by atoms with Gasteiger partial charge in [-0.3, -0.25) is 0 Å². The van der Waals surface area contributed by atoms with Crippen molar-refractivity contribution in [3.63, 3.8) is 0 Å². The monoisotopic (exact) mass is 237 g/mol. The highest BCUT2D eigenvalue weighted by Gasteiger charge is 2.31. The molecule has 1 nitrogen and oxygen atoms in total. The minimum atomic E-state index is 0.749. The first-order valence-corrected chi connectivity index (χ1v) is 6.71. The molecule has 2 aromatic rings. The zero-order valence-electron chi connectivity index (χ0n) is 10.8. The van der Waals surface area contributed by atoms with Crippen molar-refractivity contribution in [1.29, 1.82) is 0 Å². The Morgan fingerprint density at radius 3 is 2.17 bits per heavy atom. The molecule has 3 rings (SSSR count). The highest BCUT2D eigenvalue weighted by atomic mass is 15.0. The van der Waals surface area contributed by atoms with Crippen LogP contribution in [-0.2, 0) is 6.54 Å². The van der Waals surface area contributed by atoms with E-state index < -0.39 is 0 Å². The maximum Gasteiger partial charge on any atom is 0.0208 e. The van der Waals surface area contributed by atoms with Gasteiger partial charge in [0.1, 0.15) is 0 Å². The van der Waals surface area contributed by atoms with Gasteiger partial charge in [-0.2, -0.15) is 0 Å². The molecule has 0 aromatic heterocycles.